The lowest BCUT2D eigenvalue weighted by Gasteiger charge is -2.21. The monoisotopic (exact) mass is 530 g/mol. The Bertz CT molecular complexity index is 1280. The summed E-state index contributed by atoms with van der Waals surface area (Å²) in [7, 11) is 0. The van der Waals surface area contributed by atoms with Crippen molar-refractivity contribution in [3.63, 3.8) is 0 Å². The lowest BCUT2D eigenvalue weighted by molar-refractivity contribution is -0.141. The number of carboxylic acid groups (broad SMARTS) is 1. The van der Waals surface area contributed by atoms with Crippen LogP contribution in [0.15, 0.2) is 72.8 Å². The molecule has 1 aliphatic rings. The summed E-state index contributed by atoms with van der Waals surface area (Å²) in [6, 6.07) is 22.1. The van der Waals surface area contributed by atoms with Gasteiger partial charge in [0.25, 0.3) is 0 Å². The van der Waals surface area contributed by atoms with E-state index in [-0.39, 0.29) is 37.5 Å². The summed E-state index contributed by atoms with van der Waals surface area (Å²) in [6.07, 6.45) is -0.583. The largest absolute Gasteiger partial charge is 0.488 e. The minimum atomic E-state index is -1.14. The number of aliphatic carboxylic acids is 1. The molecule has 0 bridgehead atoms. The first kappa shape index (κ1) is 27.7. The van der Waals surface area contributed by atoms with Gasteiger partial charge in [-0.2, -0.15) is 0 Å². The molecule has 0 saturated carbocycles. The number of carbonyl (C=O) groups is 3. The maximum atomic E-state index is 12.4. The third-order valence-corrected chi connectivity index (χ3v) is 6.39. The minimum absolute atomic E-state index is 0.0215. The normalized spacial score (nSPS) is 13.1. The van der Waals surface area contributed by atoms with Gasteiger partial charge in [0.15, 0.2) is 0 Å². The minimum Gasteiger partial charge on any atom is -0.488 e. The van der Waals surface area contributed by atoms with Crippen molar-refractivity contribution < 1.29 is 29.0 Å². The second-order valence-corrected chi connectivity index (χ2v) is 10.5. The summed E-state index contributed by atoms with van der Waals surface area (Å²) in [6.45, 7) is 6.03. The average Bonchev–Trinajstić information content (AvgIpc) is 3.21. The summed E-state index contributed by atoms with van der Waals surface area (Å²) >= 11 is 0. The fraction of sp³-hybridized carbons (Fsp3) is 0.323. The van der Waals surface area contributed by atoms with Crippen molar-refractivity contribution in [1.29, 1.82) is 0 Å². The van der Waals surface area contributed by atoms with Crippen LogP contribution >= 0.6 is 0 Å². The Hall–Kier alpha value is -4.33. The van der Waals surface area contributed by atoms with Gasteiger partial charge in [-0.1, -0.05) is 60.7 Å². The van der Waals surface area contributed by atoms with Crippen LogP contribution in [0.4, 0.5) is 4.79 Å². The molecule has 4 rings (SSSR count). The highest BCUT2D eigenvalue weighted by molar-refractivity contribution is 5.84. The summed E-state index contributed by atoms with van der Waals surface area (Å²) < 4.78 is 11.3. The smallest absolute Gasteiger partial charge is 0.407 e. The van der Waals surface area contributed by atoms with Gasteiger partial charge in [-0.05, 0) is 60.7 Å². The molecule has 1 unspecified atom stereocenters. The van der Waals surface area contributed by atoms with E-state index in [1.807, 2.05) is 57.2 Å². The van der Waals surface area contributed by atoms with Gasteiger partial charge in [0, 0.05) is 25.3 Å². The Labute approximate surface area is 228 Å². The number of carboxylic acids is 1. The number of amides is 2. The first-order chi connectivity index (χ1) is 18.6. The zero-order valence-corrected chi connectivity index (χ0v) is 22.4. The van der Waals surface area contributed by atoms with Crippen LogP contribution in [-0.4, -0.2) is 47.9 Å². The first-order valence-corrected chi connectivity index (χ1v) is 13.0. The maximum Gasteiger partial charge on any atom is 0.407 e. The highest BCUT2D eigenvalue weighted by atomic mass is 16.5. The molecule has 0 aliphatic heterocycles. The number of hydrogen-bond donors (Lipinski definition) is 3. The van der Waals surface area contributed by atoms with E-state index in [2.05, 4.69) is 22.8 Å². The summed E-state index contributed by atoms with van der Waals surface area (Å²) in [5.41, 5.74) is 4.92. The van der Waals surface area contributed by atoms with E-state index in [0.717, 1.165) is 27.8 Å². The summed E-state index contributed by atoms with van der Waals surface area (Å²) in [4.78, 5) is 36.5. The van der Waals surface area contributed by atoms with E-state index in [0.29, 0.717) is 5.75 Å². The Kier molecular flexibility index (Phi) is 8.54. The summed E-state index contributed by atoms with van der Waals surface area (Å²) in [5, 5.41) is 14.7. The van der Waals surface area contributed by atoms with Crippen LogP contribution in [-0.2, 0) is 20.7 Å². The molecule has 0 heterocycles. The quantitative estimate of drug-likeness (QED) is 0.343. The van der Waals surface area contributed by atoms with Crippen LogP contribution in [0.2, 0.25) is 0 Å². The molecule has 204 valence electrons. The fourth-order valence-electron chi connectivity index (χ4n) is 4.68. The molecule has 0 fully saturated rings. The van der Waals surface area contributed by atoms with Crippen LogP contribution in [0.3, 0.4) is 0 Å². The van der Waals surface area contributed by atoms with Crippen molar-refractivity contribution in [3.05, 3.63) is 89.5 Å². The Balaban J connectivity index is 1.22. The van der Waals surface area contributed by atoms with E-state index >= 15 is 0 Å². The van der Waals surface area contributed by atoms with E-state index in [1.54, 1.807) is 24.3 Å². The Morgan fingerprint density at radius 1 is 0.897 bits per heavy atom. The summed E-state index contributed by atoms with van der Waals surface area (Å²) in [5.74, 6) is -0.991. The molecule has 3 aromatic rings. The lowest BCUT2D eigenvalue weighted by atomic mass is 9.98. The molecule has 0 aromatic heterocycles. The average molecular weight is 531 g/mol. The molecule has 0 saturated heterocycles. The maximum absolute atomic E-state index is 12.4. The zero-order chi connectivity index (χ0) is 28.0. The van der Waals surface area contributed by atoms with Gasteiger partial charge in [0.2, 0.25) is 5.91 Å². The van der Waals surface area contributed by atoms with Crippen molar-refractivity contribution >= 4 is 18.0 Å². The number of ether oxygens (including phenoxy) is 2. The topological polar surface area (TPSA) is 114 Å². The molecule has 39 heavy (non-hydrogen) atoms. The third kappa shape index (κ3) is 7.37. The van der Waals surface area contributed by atoms with E-state index in [9.17, 15) is 19.5 Å². The molecule has 8 nitrogen and oxygen atoms in total. The molecular formula is C31H34N2O6. The van der Waals surface area contributed by atoms with E-state index in [4.69, 9.17) is 9.47 Å². The Morgan fingerprint density at radius 3 is 2.05 bits per heavy atom. The fourth-order valence-corrected chi connectivity index (χ4v) is 4.68. The van der Waals surface area contributed by atoms with Crippen LogP contribution in [0, 0.1) is 0 Å². The van der Waals surface area contributed by atoms with E-state index < -0.39 is 24.0 Å². The number of carbonyl (C=O) groups excluding carboxylic acids is 2. The van der Waals surface area contributed by atoms with Crippen LogP contribution < -0.4 is 15.4 Å². The molecule has 0 spiro atoms. The number of alkyl carbamates (subject to hydrolysis) is 1. The van der Waals surface area contributed by atoms with Gasteiger partial charge in [0.1, 0.15) is 24.0 Å². The van der Waals surface area contributed by atoms with Crippen LogP contribution in [0.5, 0.6) is 5.75 Å². The molecule has 2 amide bonds. The highest BCUT2D eigenvalue weighted by Gasteiger charge is 2.29. The molecule has 1 aliphatic carbocycles. The van der Waals surface area contributed by atoms with Gasteiger partial charge >= 0.3 is 12.1 Å². The van der Waals surface area contributed by atoms with Gasteiger partial charge in [-0.15, -0.1) is 0 Å². The number of hydrogen-bond acceptors (Lipinski definition) is 5. The predicted octanol–water partition coefficient (Wildman–Crippen LogP) is 4.90. The van der Waals surface area contributed by atoms with Crippen LogP contribution in [0.1, 0.15) is 49.8 Å². The van der Waals surface area contributed by atoms with Crippen molar-refractivity contribution in [2.45, 2.75) is 51.2 Å². The molecular weight excluding hydrogens is 496 g/mol. The molecule has 8 heteroatoms. The molecule has 0 radical (unpaired) electrons. The number of benzene rings is 3. The van der Waals surface area contributed by atoms with Gasteiger partial charge in [-0.3, -0.25) is 4.79 Å². The van der Waals surface area contributed by atoms with Crippen molar-refractivity contribution in [2.75, 3.05) is 13.2 Å². The van der Waals surface area contributed by atoms with Gasteiger partial charge < -0.3 is 25.2 Å². The number of fused-ring (bicyclic) bond motifs is 3. The predicted molar refractivity (Wildman–Crippen MR) is 148 cm³/mol. The standard InChI is InChI=1S/C31H34N2O6/c1-31(2,3)39-21-14-12-20(13-15-21)18-27(29(35)36)33-28(34)16-17-32-30(37)38-19-26-24-10-6-4-8-22(24)23-9-5-7-11-25(23)26/h4-15,26-27H,16-19H2,1-3H3,(H,32,37)(H,33,34)(H,35,36). The van der Waals surface area contributed by atoms with Crippen molar-refractivity contribution in [3.8, 4) is 16.9 Å². The van der Waals surface area contributed by atoms with E-state index in [1.165, 1.54) is 0 Å². The number of rotatable bonds is 10. The molecule has 3 aromatic carbocycles. The second kappa shape index (κ2) is 12.0. The van der Waals surface area contributed by atoms with Crippen molar-refractivity contribution in [2.24, 2.45) is 0 Å². The second-order valence-electron chi connectivity index (χ2n) is 10.5. The number of nitrogens with one attached hydrogen (secondary N) is 2. The van der Waals surface area contributed by atoms with Crippen LogP contribution in [0.25, 0.3) is 11.1 Å². The SMILES string of the molecule is CC(C)(C)Oc1ccc(CC(NC(=O)CCNC(=O)OCC2c3ccccc3-c3ccccc32)C(=O)O)cc1. The lowest BCUT2D eigenvalue weighted by Crippen LogP contribution is -2.43. The third-order valence-electron chi connectivity index (χ3n) is 6.39. The Morgan fingerprint density at radius 2 is 1.49 bits per heavy atom. The van der Waals surface area contributed by atoms with Gasteiger partial charge in [0.05, 0.1) is 0 Å². The first-order valence-electron chi connectivity index (χ1n) is 13.0. The highest BCUT2D eigenvalue weighted by Crippen LogP contribution is 2.44. The zero-order valence-electron chi connectivity index (χ0n) is 22.4. The van der Waals surface area contributed by atoms with Gasteiger partial charge in [-0.25, -0.2) is 9.59 Å². The molecule has 1 atom stereocenters. The molecule has 3 N–H and O–H groups in total. The van der Waals surface area contributed by atoms with Crippen molar-refractivity contribution in [1.82, 2.24) is 10.6 Å².